The Morgan fingerprint density at radius 2 is 1.03 bits per heavy atom. The zero-order valence-corrected chi connectivity index (χ0v) is 41.9. The molecule has 0 spiro atoms. The number of carbonyl (C=O) groups excluding carboxylic acids is 2. The topological polar surface area (TPSA) is 276 Å². The number of phosphoric acid groups is 2. The van der Waals surface area contributed by atoms with Crippen molar-refractivity contribution in [2.45, 2.75) is 198 Å². The number of hydrogen-bond acceptors (Lipinski definition) is 14. The molecule has 0 bridgehead atoms. The van der Waals surface area contributed by atoms with Crippen LogP contribution >= 0.6 is 15.6 Å². The molecule has 68 heavy (non-hydrogen) atoms. The smallest absolute Gasteiger partial charge is 0.462 e. The summed E-state index contributed by atoms with van der Waals surface area (Å²) >= 11 is 0. The summed E-state index contributed by atoms with van der Waals surface area (Å²) < 4.78 is 49.2. The van der Waals surface area contributed by atoms with E-state index in [1.807, 2.05) is 54.7 Å². The van der Waals surface area contributed by atoms with E-state index < -0.39 is 89.6 Å². The fourth-order valence-corrected chi connectivity index (χ4v) is 8.27. The van der Waals surface area contributed by atoms with Gasteiger partial charge in [-0.1, -0.05) is 150 Å². The molecule has 0 radical (unpaired) electrons. The van der Waals surface area contributed by atoms with Crippen molar-refractivity contribution in [2.24, 2.45) is 0 Å². The summed E-state index contributed by atoms with van der Waals surface area (Å²) in [6.45, 7) is 2.88. The minimum Gasteiger partial charge on any atom is -0.462 e. The number of ether oxygens (including phenoxy) is 2. The normalized spacial score (nSPS) is 22.4. The van der Waals surface area contributed by atoms with Crippen LogP contribution in [0.4, 0.5) is 0 Å². The maximum absolute atomic E-state index is 13.0. The molecule has 1 rings (SSSR count). The zero-order valence-electron chi connectivity index (χ0n) is 40.1. The van der Waals surface area contributed by atoms with Crippen molar-refractivity contribution in [1.29, 1.82) is 0 Å². The van der Waals surface area contributed by atoms with E-state index in [2.05, 4.69) is 42.7 Å². The molecule has 0 heterocycles. The van der Waals surface area contributed by atoms with Crippen LogP contribution in [0.15, 0.2) is 85.1 Å². The fourth-order valence-electron chi connectivity index (χ4n) is 6.73. The van der Waals surface area contributed by atoms with Crippen LogP contribution in [0.25, 0.3) is 0 Å². The fraction of sp³-hybridized carbons (Fsp3) is 0.673. The third-order valence-corrected chi connectivity index (χ3v) is 12.0. The van der Waals surface area contributed by atoms with E-state index in [4.69, 9.17) is 18.5 Å². The number of carbonyl (C=O) groups is 2. The van der Waals surface area contributed by atoms with Gasteiger partial charge in [0.25, 0.3) is 0 Å². The van der Waals surface area contributed by atoms with Crippen LogP contribution in [0.2, 0.25) is 0 Å². The minimum absolute atomic E-state index is 0.00980. The Bertz CT molecular complexity index is 1650. The maximum atomic E-state index is 13.0. The van der Waals surface area contributed by atoms with Gasteiger partial charge in [0.1, 0.15) is 43.2 Å². The minimum atomic E-state index is -5.38. The molecule has 0 amide bonds. The van der Waals surface area contributed by atoms with Crippen LogP contribution < -0.4 is 0 Å². The Hall–Kier alpha value is -2.86. The molecule has 0 aromatic rings. The van der Waals surface area contributed by atoms with Gasteiger partial charge < -0.3 is 49.7 Å². The van der Waals surface area contributed by atoms with Crippen molar-refractivity contribution in [1.82, 2.24) is 0 Å². The highest BCUT2D eigenvalue weighted by molar-refractivity contribution is 7.47. The largest absolute Gasteiger partial charge is 0.472 e. The van der Waals surface area contributed by atoms with Gasteiger partial charge in [0, 0.05) is 12.8 Å². The van der Waals surface area contributed by atoms with Crippen LogP contribution in [0.1, 0.15) is 149 Å². The van der Waals surface area contributed by atoms with Gasteiger partial charge in [-0.25, -0.2) is 9.13 Å². The highest BCUT2D eigenvalue weighted by Gasteiger charge is 2.54. The highest BCUT2D eigenvalue weighted by Crippen LogP contribution is 2.49. The van der Waals surface area contributed by atoms with E-state index in [1.165, 1.54) is 38.5 Å². The first kappa shape index (κ1) is 63.2. The number of rotatable bonds is 39. The first-order chi connectivity index (χ1) is 32.5. The van der Waals surface area contributed by atoms with Crippen molar-refractivity contribution in [3.63, 3.8) is 0 Å². The van der Waals surface area contributed by atoms with Crippen LogP contribution in [-0.4, -0.2) is 114 Å². The third-order valence-electron chi connectivity index (χ3n) is 10.5. The molecule has 1 saturated carbocycles. The first-order valence-electron chi connectivity index (χ1n) is 24.2. The lowest BCUT2D eigenvalue weighted by Crippen LogP contribution is -2.64. The Morgan fingerprint density at radius 1 is 0.544 bits per heavy atom. The predicted molar refractivity (Wildman–Crippen MR) is 261 cm³/mol. The molecule has 9 atom stereocenters. The summed E-state index contributed by atoms with van der Waals surface area (Å²) in [5, 5.41) is 51.2. The molecule has 390 valence electrons. The lowest BCUT2D eigenvalue weighted by molar-refractivity contribution is -0.216. The predicted octanol–water partition coefficient (Wildman–Crippen LogP) is 8.36. The van der Waals surface area contributed by atoms with Crippen LogP contribution in [-0.2, 0) is 41.8 Å². The quantitative estimate of drug-likeness (QED) is 0.00944. The zero-order chi connectivity index (χ0) is 50.5. The summed E-state index contributed by atoms with van der Waals surface area (Å²) in [6, 6.07) is 0. The van der Waals surface area contributed by atoms with Crippen LogP contribution in [0, 0.1) is 0 Å². The van der Waals surface area contributed by atoms with Crippen LogP contribution in [0.3, 0.4) is 0 Å². The number of phosphoric ester groups is 2. The van der Waals surface area contributed by atoms with E-state index >= 15 is 0 Å². The maximum Gasteiger partial charge on any atom is 0.472 e. The molecule has 1 fully saturated rings. The van der Waals surface area contributed by atoms with Gasteiger partial charge in [0.15, 0.2) is 6.10 Å². The number of unbranched alkanes of at least 4 members (excludes halogenated alkanes) is 10. The molecule has 19 heteroatoms. The standard InChI is InChI=1S/C49H82O17P2/c1-3-5-7-8-9-10-11-12-13-14-15-16-19-23-26-29-33-37-43(52)64-41(39-63-68(60,61)66-49-46(55)44(53)45(54)48(47(49)56)65-67(57,58)59)38-62-42(51)36-32-28-25-22-20-17-18-21-24-27-31-35-40(50)34-30-6-4-2/h12-13,15-18,22-27,31,35,40-41,44-50,53-56H,3-11,14,19-21,28-30,32-34,36-39H2,1-2H3,(H,60,61)(H2,57,58,59)/b13-12-,16-15-,18-17-,25-22-,26-23-,27-24-,35-31+/t40-,41-,44?,45?,46?,47?,48-,49+/m1/s1. The summed E-state index contributed by atoms with van der Waals surface area (Å²) in [5.74, 6) is -1.37. The van der Waals surface area contributed by atoms with Gasteiger partial charge in [-0.3, -0.25) is 23.2 Å². The number of aliphatic hydroxyl groups is 5. The Labute approximate surface area is 404 Å². The molecule has 0 aliphatic heterocycles. The van der Waals surface area contributed by atoms with E-state index in [0.717, 1.165) is 51.4 Å². The Balaban J connectivity index is 2.68. The highest BCUT2D eigenvalue weighted by atomic mass is 31.2. The van der Waals surface area contributed by atoms with Gasteiger partial charge >= 0.3 is 27.6 Å². The van der Waals surface area contributed by atoms with Crippen molar-refractivity contribution >= 4 is 27.6 Å². The van der Waals surface area contributed by atoms with Crippen molar-refractivity contribution in [3.8, 4) is 0 Å². The molecule has 8 N–H and O–H groups in total. The molecule has 5 unspecified atom stereocenters. The third kappa shape index (κ3) is 32.9. The van der Waals surface area contributed by atoms with Gasteiger partial charge in [-0.15, -0.1) is 0 Å². The Morgan fingerprint density at radius 3 is 1.60 bits per heavy atom. The van der Waals surface area contributed by atoms with E-state index in [1.54, 1.807) is 6.08 Å². The van der Waals surface area contributed by atoms with E-state index in [0.29, 0.717) is 32.1 Å². The molecule has 0 aromatic heterocycles. The summed E-state index contributed by atoms with van der Waals surface area (Å²) in [5.41, 5.74) is 0. The summed E-state index contributed by atoms with van der Waals surface area (Å²) in [4.78, 5) is 54.3. The first-order valence-corrected chi connectivity index (χ1v) is 27.3. The SMILES string of the molecule is CCCCCCCC/C=C\C/C=C\C/C=C\CCCC(=O)O[C@H](COC(=O)CCC/C=C\C/C=C\C/C=C\C=C\[C@H](O)CCCCC)COP(=O)(O)O[C@H]1C(O)C(O)C(O)[C@@H](OP(=O)(O)O)C1O. The monoisotopic (exact) mass is 1000 g/mol. The molecule has 1 aliphatic rings. The number of hydrogen-bond donors (Lipinski definition) is 8. The number of esters is 2. The Kier molecular flexibility index (Phi) is 36.1. The molecule has 17 nitrogen and oxygen atoms in total. The second-order valence-corrected chi connectivity index (χ2v) is 19.3. The van der Waals surface area contributed by atoms with E-state index in [9.17, 15) is 58.9 Å². The van der Waals surface area contributed by atoms with Crippen molar-refractivity contribution in [2.75, 3.05) is 13.2 Å². The van der Waals surface area contributed by atoms with Gasteiger partial charge in [0.2, 0.25) is 0 Å². The summed E-state index contributed by atoms with van der Waals surface area (Å²) in [6.07, 6.45) is 30.2. The average molecular weight is 1010 g/mol. The molecule has 0 saturated heterocycles. The van der Waals surface area contributed by atoms with Gasteiger partial charge in [-0.2, -0.15) is 0 Å². The molecular weight excluding hydrogens is 922 g/mol. The average Bonchev–Trinajstić information content (AvgIpc) is 3.29. The van der Waals surface area contributed by atoms with Crippen molar-refractivity contribution < 1.29 is 82.0 Å². The van der Waals surface area contributed by atoms with Crippen molar-refractivity contribution in [3.05, 3.63) is 85.1 Å². The second kappa shape index (κ2) is 38.8. The molecule has 0 aromatic carbocycles. The molecule has 1 aliphatic carbocycles. The number of aliphatic hydroxyl groups excluding tert-OH is 5. The van der Waals surface area contributed by atoms with Crippen LogP contribution in [0.5, 0.6) is 0 Å². The summed E-state index contributed by atoms with van der Waals surface area (Å²) in [7, 11) is -10.7. The molecular formula is C49H82O17P2. The second-order valence-electron chi connectivity index (χ2n) is 16.7. The van der Waals surface area contributed by atoms with Gasteiger partial charge in [0.05, 0.1) is 12.7 Å². The lowest BCUT2D eigenvalue weighted by atomic mass is 9.85. The van der Waals surface area contributed by atoms with Gasteiger partial charge in [-0.05, 0) is 70.6 Å². The lowest BCUT2D eigenvalue weighted by Gasteiger charge is -2.43. The number of allylic oxidation sites excluding steroid dienone is 13. The van der Waals surface area contributed by atoms with E-state index in [-0.39, 0.29) is 12.8 Å².